The van der Waals surface area contributed by atoms with E-state index in [0.717, 1.165) is 61.0 Å². The zero-order valence-electron chi connectivity index (χ0n) is 18.7. The second-order valence-corrected chi connectivity index (χ2v) is 9.81. The number of anilines is 2. The van der Waals surface area contributed by atoms with E-state index in [1.165, 1.54) is 11.3 Å². The molecule has 1 saturated carbocycles. The van der Waals surface area contributed by atoms with E-state index in [4.69, 9.17) is 4.74 Å². The van der Waals surface area contributed by atoms with Crippen molar-refractivity contribution in [3.63, 3.8) is 0 Å². The molecule has 1 amide bonds. The van der Waals surface area contributed by atoms with Gasteiger partial charge in [-0.15, -0.1) is 11.3 Å². The monoisotopic (exact) mass is 461 g/mol. The first-order valence-electron chi connectivity index (χ1n) is 11.4. The number of benzene rings is 1. The van der Waals surface area contributed by atoms with Crippen molar-refractivity contribution in [3.05, 3.63) is 64.7 Å². The molecule has 1 aromatic carbocycles. The maximum atomic E-state index is 12.9. The summed E-state index contributed by atoms with van der Waals surface area (Å²) < 4.78 is 5.40. The number of rotatable bonds is 7. The van der Waals surface area contributed by atoms with Crippen molar-refractivity contribution < 1.29 is 14.3 Å². The average Bonchev–Trinajstić information content (AvgIpc) is 3.52. The molecule has 0 spiro atoms. The maximum absolute atomic E-state index is 12.9. The Balaban J connectivity index is 1.27. The second kappa shape index (κ2) is 9.45. The van der Waals surface area contributed by atoms with E-state index in [1.807, 2.05) is 49.5 Å². The standard InChI is InChI=1S/C26H27N3O3S/c1-17-2-5-19(22(30)14-18-3-4-18)15-21(17)28-26(31)24-8-7-23(33-24)20-6-9-25(27-16-20)29-10-12-32-13-11-29/h2,5-9,15-16,18H,3-4,10-14H2,1H3,(H,28,31). The Kier molecular flexibility index (Phi) is 6.24. The molecule has 33 heavy (non-hydrogen) atoms. The molecule has 170 valence electrons. The fraction of sp³-hybridized carbons (Fsp3) is 0.346. The number of Topliss-reactive ketones (excluding diaryl/α,β-unsaturated/α-hetero) is 1. The molecular weight excluding hydrogens is 434 g/mol. The van der Waals surface area contributed by atoms with Crippen LogP contribution in [-0.4, -0.2) is 43.0 Å². The van der Waals surface area contributed by atoms with Gasteiger partial charge in [0, 0.05) is 47.4 Å². The highest BCUT2D eigenvalue weighted by Gasteiger charge is 2.25. The van der Waals surface area contributed by atoms with E-state index < -0.39 is 0 Å². The number of ketones is 1. The van der Waals surface area contributed by atoms with Crippen LogP contribution in [0.25, 0.3) is 10.4 Å². The lowest BCUT2D eigenvalue weighted by atomic mass is 10.0. The summed E-state index contributed by atoms with van der Waals surface area (Å²) in [5, 5.41) is 2.99. The molecule has 0 bridgehead atoms. The summed E-state index contributed by atoms with van der Waals surface area (Å²) in [6, 6.07) is 13.4. The summed E-state index contributed by atoms with van der Waals surface area (Å²) in [5.41, 5.74) is 3.28. The summed E-state index contributed by atoms with van der Waals surface area (Å²) in [7, 11) is 0. The van der Waals surface area contributed by atoms with E-state index in [2.05, 4.69) is 15.2 Å². The predicted molar refractivity (Wildman–Crippen MR) is 131 cm³/mol. The minimum absolute atomic E-state index is 0.152. The van der Waals surface area contributed by atoms with Crippen LogP contribution in [0.5, 0.6) is 0 Å². The first-order chi connectivity index (χ1) is 16.1. The van der Waals surface area contributed by atoms with Crippen molar-refractivity contribution in [1.82, 2.24) is 4.98 Å². The number of hydrogen-bond acceptors (Lipinski definition) is 6. The zero-order valence-corrected chi connectivity index (χ0v) is 19.5. The van der Waals surface area contributed by atoms with E-state index in [1.54, 1.807) is 6.07 Å². The number of thiophene rings is 1. The van der Waals surface area contributed by atoms with Crippen molar-refractivity contribution in [3.8, 4) is 10.4 Å². The van der Waals surface area contributed by atoms with Crippen molar-refractivity contribution in [2.24, 2.45) is 5.92 Å². The quantitative estimate of drug-likeness (QED) is 0.490. The molecule has 0 atom stereocenters. The van der Waals surface area contributed by atoms with Crippen LogP contribution in [0.15, 0.2) is 48.7 Å². The van der Waals surface area contributed by atoms with Gasteiger partial charge in [-0.2, -0.15) is 0 Å². The van der Waals surface area contributed by atoms with Crippen molar-refractivity contribution in [2.75, 3.05) is 36.5 Å². The van der Waals surface area contributed by atoms with Crippen LogP contribution in [0.4, 0.5) is 11.5 Å². The highest BCUT2D eigenvalue weighted by molar-refractivity contribution is 7.17. The number of ether oxygens (including phenoxy) is 1. The van der Waals surface area contributed by atoms with E-state index in [9.17, 15) is 9.59 Å². The van der Waals surface area contributed by atoms with Gasteiger partial charge in [-0.05, 0) is 61.6 Å². The van der Waals surface area contributed by atoms with E-state index >= 15 is 0 Å². The van der Waals surface area contributed by atoms with Gasteiger partial charge in [-0.25, -0.2) is 4.98 Å². The first-order valence-corrected chi connectivity index (χ1v) is 12.2. The number of nitrogens with zero attached hydrogens (tertiary/aromatic N) is 2. The number of carbonyl (C=O) groups is 2. The van der Waals surface area contributed by atoms with Gasteiger partial charge in [0.15, 0.2) is 5.78 Å². The third-order valence-corrected chi connectivity index (χ3v) is 7.31. The van der Waals surface area contributed by atoms with Gasteiger partial charge >= 0.3 is 0 Å². The molecule has 0 radical (unpaired) electrons. The lowest BCUT2D eigenvalue weighted by Gasteiger charge is -2.27. The molecule has 2 aromatic heterocycles. The number of aromatic nitrogens is 1. The lowest BCUT2D eigenvalue weighted by Crippen LogP contribution is -2.36. The van der Waals surface area contributed by atoms with Crippen LogP contribution in [0.1, 0.15) is 44.9 Å². The fourth-order valence-corrected chi connectivity index (χ4v) is 4.83. The van der Waals surface area contributed by atoms with Crippen LogP contribution in [0, 0.1) is 12.8 Å². The summed E-state index contributed by atoms with van der Waals surface area (Å²) in [6.45, 7) is 5.09. The number of nitrogens with one attached hydrogen (secondary N) is 1. The summed E-state index contributed by atoms with van der Waals surface area (Å²) in [5.74, 6) is 1.47. The Morgan fingerprint density at radius 3 is 2.67 bits per heavy atom. The van der Waals surface area contributed by atoms with E-state index in [0.29, 0.717) is 28.5 Å². The van der Waals surface area contributed by atoms with Gasteiger partial charge in [-0.1, -0.05) is 12.1 Å². The molecule has 5 rings (SSSR count). The molecule has 3 aromatic rings. The summed E-state index contributed by atoms with van der Waals surface area (Å²) >= 11 is 1.44. The third-order valence-electron chi connectivity index (χ3n) is 6.18. The van der Waals surface area contributed by atoms with Crippen molar-refractivity contribution >= 4 is 34.5 Å². The predicted octanol–water partition coefficient (Wildman–Crippen LogP) is 5.19. The third kappa shape index (κ3) is 5.15. The fourth-order valence-electron chi connectivity index (χ4n) is 3.94. The largest absolute Gasteiger partial charge is 0.378 e. The molecule has 3 heterocycles. The summed E-state index contributed by atoms with van der Waals surface area (Å²) in [6.07, 6.45) is 4.75. The number of hydrogen-bond donors (Lipinski definition) is 1. The molecule has 1 N–H and O–H groups in total. The smallest absolute Gasteiger partial charge is 0.265 e. The number of pyridine rings is 1. The van der Waals surface area contributed by atoms with Gasteiger partial charge < -0.3 is 15.0 Å². The van der Waals surface area contributed by atoms with Crippen LogP contribution in [0.2, 0.25) is 0 Å². The molecule has 1 aliphatic carbocycles. The average molecular weight is 462 g/mol. The molecular formula is C26H27N3O3S. The van der Waals surface area contributed by atoms with Gasteiger partial charge in [0.25, 0.3) is 5.91 Å². The summed E-state index contributed by atoms with van der Waals surface area (Å²) in [4.78, 5) is 33.8. The Morgan fingerprint density at radius 1 is 1.12 bits per heavy atom. The molecule has 1 aliphatic heterocycles. The molecule has 0 unspecified atom stereocenters. The minimum Gasteiger partial charge on any atom is -0.378 e. The minimum atomic E-state index is -0.168. The molecule has 2 aliphatic rings. The Hall–Kier alpha value is -3.03. The van der Waals surface area contributed by atoms with Gasteiger partial charge in [0.05, 0.1) is 18.1 Å². The molecule has 7 heteroatoms. The van der Waals surface area contributed by atoms with Crippen LogP contribution in [0.3, 0.4) is 0 Å². The number of carbonyl (C=O) groups excluding carboxylic acids is 2. The maximum Gasteiger partial charge on any atom is 0.265 e. The van der Waals surface area contributed by atoms with Crippen LogP contribution >= 0.6 is 11.3 Å². The Morgan fingerprint density at radius 2 is 1.94 bits per heavy atom. The number of amides is 1. The van der Waals surface area contributed by atoms with Gasteiger partial charge in [-0.3, -0.25) is 9.59 Å². The van der Waals surface area contributed by atoms with Gasteiger partial charge in [0.2, 0.25) is 0 Å². The zero-order chi connectivity index (χ0) is 22.8. The van der Waals surface area contributed by atoms with Crippen LogP contribution < -0.4 is 10.2 Å². The molecule has 6 nitrogen and oxygen atoms in total. The SMILES string of the molecule is Cc1ccc(C(=O)CC2CC2)cc1NC(=O)c1ccc(-c2ccc(N3CCOCC3)nc2)s1. The lowest BCUT2D eigenvalue weighted by molar-refractivity contribution is 0.0974. The van der Waals surface area contributed by atoms with Crippen molar-refractivity contribution in [2.45, 2.75) is 26.2 Å². The first kappa shape index (κ1) is 21.8. The number of aryl methyl sites for hydroxylation is 1. The molecule has 2 fully saturated rings. The molecule has 1 saturated heterocycles. The van der Waals surface area contributed by atoms with Gasteiger partial charge in [0.1, 0.15) is 5.82 Å². The highest BCUT2D eigenvalue weighted by Crippen LogP contribution is 2.34. The second-order valence-electron chi connectivity index (χ2n) is 8.72. The van der Waals surface area contributed by atoms with Crippen molar-refractivity contribution in [1.29, 1.82) is 0 Å². The number of morpholine rings is 1. The van der Waals surface area contributed by atoms with E-state index in [-0.39, 0.29) is 11.7 Å². The topological polar surface area (TPSA) is 71.5 Å². The normalized spacial score (nSPS) is 16.0. The van der Waals surface area contributed by atoms with Crippen LogP contribution in [-0.2, 0) is 4.74 Å². The highest BCUT2D eigenvalue weighted by atomic mass is 32.1. The Labute approximate surface area is 197 Å². The Bertz CT molecular complexity index is 1160.